The predicted octanol–water partition coefficient (Wildman–Crippen LogP) is 2.78. The van der Waals surface area contributed by atoms with Gasteiger partial charge in [0.1, 0.15) is 0 Å². The van der Waals surface area contributed by atoms with Gasteiger partial charge in [-0.3, -0.25) is 0 Å². The lowest BCUT2D eigenvalue weighted by Gasteiger charge is -2.23. The van der Waals surface area contributed by atoms with E-state index in [1.54, 1.807) is 0 Å². The van der Waals surface area contributed by atoms with Crippen LogP contribution < -0.4 is 4.90 Å². The van der Waals surface area contributed by atoms with Crippen molar-refractivity contribution >= 4 is 5.69 Å². The van der Waals surface area contributed by atoms with Crippen LogP contribution in [-0.4, -0.2) is 19.9 Å². The van der Waals surface area contributed by atoms with Crippen LogP contribution in [-0.2, 0) is 16.8 Å². The number of anilines is 1. The van der Waals surface area contributed by atoms with Gasteiger partial charge in [-0.05, 0) is 18.1 Å². The van der Waals surface area contributed by atoms with Gasteiger partial charge in [-0.25, -0.2) is 4.39 Å². The van der Waals surface area contributed by atoms with Crippen LogP contribution in [0.4, 0.5) is 10.1 Å². The first kappa shape index (κ1) is 10.8. The number of alkyl halides is 1. The Labute approximate surface area is 101 Å². The molecule has 2 nitrogen and oxygen atoms in total. The SMILES string of the molecule is C=CCc1ccc2c(c1)[C@]1(F)CCO[C@@H]1N2C. The average molecular weight is 233 g/mol. The van der Waals surface area contributed by atoms with Gasteiger partial charge in [-0.1, -0.05) is 18.2 Å². The van der Waals surface area contributed by atoms with Gasteiger partial charge >= 0.3 is 0 Å². The highest BCUT2D eigenvalue weighted by atomic mass is 19.1. The van der Waals surface area contributed by atoms with Crippen LogP contribution in [0.1, 0.15) is 17.5 Å². The van der Waals surface area contributed by atoms with Crippen molar-refractivity contribution < 1.29 is 9.13 Å². The number of nitrogens with zero attached hydrogens (tertiary/aromatic N) is 1. The van der Waals surface area contributed by atoms with E-state index in [1.165, 1.54) is 0 Å². The molecule has 2 atom stereocenters. The summed E-state index contributed by atoms with van der Waals surface area (Å²) in [5, 5.41) is 0. The van der Waals surface area contributed by atoms with Crippen LogP contribution in [0.15, 0.2) is 30.9 Å². The molecule has 0 aromatic heterocycles. The first-order chi connectivity index (χ1) is 8.16. The van der Waals surface area contributed by atoms with Crippen molar-refractivity contribution in [3.8, 4) is 0 Å². The van der Waals surface area contributed by atoms with Crippen molar-refractivity contribution in [1.29, 1.82) is 0 Å². The lowest BCUT2D eigenvalue weighted by Crippen LogP contribution is -2.36. The van der Waals surface area contributed by atoms with Crippen LogP contribution in [0, 0.1) is 0 Å². The van der Waals surface area contributed by atoms with Gasteiger partial charge < -0.3 is 9.64 Å². The zero-order valence-corrected chi connectivity index (χ0v) is 9.95. The smallest absolute Gasteiger partial charge is 0.184 e. The van der Waals surface area contributed by atoms with E-state index in [1.807, 2.05) is 36.2 Å². The van der Waals surface area contributed by atoms with Crippen LogP contribution in [0.5, 0.6) is 0 Å². The fraction of sp³-hybridized carbons (Fsp3) is 0.429. The average Bonchev–Trinajstić information content (AvgIpc) is 2.79. The summed E-state index contributed by atoms with van der Waals surface area (Å²) in [6.07, 6.45) is 2.62. The van der Waals surface area contributed by atoms with Crippen molar-refractivity contribution in [2.75, 3.05) is 18.6 Å². The van der Waals surface area contributed by atoms with E-state index in [-0.39, 0.29) is 0 Å². The Morgan fingerprint density at radius 2 is 2.47 bits per heavy atom. The first-order valence-corrected chi connectivity index (χ1v) is 5.94. The van der Waals surface area contributed by atoms with E-state index in [0.717, 1.165) is 23.2 Å². The molecular weight excluding hydrogens is 217 g/mol. The minimum atomic E-state index is -1.33. The number of hydrogen-bond acceptors (Lipinski definition) is 2. The van der Waals surface area contributed by atoms with Gasteiger partial charge in [-0.2, -0.15) is 0 Å². The molecule has 0 saturated carbocycles. The van der Waals surface area contributed by atoms with Gasteiger partial charge in [0, 0.05) is 24.7 Å². The highest BCUT2D eigenvalue weighted by molar-refractivity contribution is 5.63. The maximum atomic E-state index is 15.0. The summed E-state index contributed by atoms with van der Waals surface area (Å²) in [5.74, 6) is 0. The van der Waals surface area contributed by atoms with Crippen LogP contribution in [0.2, 0.25) is 0 Å². The van der Waals surface area contributed by atoms with Gasteiger partial charge in [-0.15, -0.1) is 6.58 Å². The van der Waals surface area contributed by atoms with Gasteiger partial charge in [0.15, 0.2) is 11.9 Å². The normalized spacial score (nSPS) is 30.2. The number of allylic oxidation sites excluding steroid dienone is 1. The molecule has 1 saturated heterocycles. The van der Waals surface area contributed by atoms with E-state index >= 15 is 0 Å². The molecule has 17 heavy (non-hydrogen) atoms. The third-order valence-electron chi connectivity index (χ3n) is 3.75. The van der Waals surface area contributed by atoms with E-state index in [2.05, 4.69) is 6.58 Å². The Balaban J connectivity index is 2.11. The van der Waals surface area contributed by atoms with Crippen molar-refractivity contribution in [1.82, 2.24) is 0 Å². The number of likely N-dealkylation sites (N-methyl/N-ethyl adjacent to an activating group) is 1. The fourth-order valence-corrected chi connectivity index (χ4v) is 2.90. The van der Waals surface area contributed by atoms with Gasteiger partial charge in [0.05, 0.1) is 6.61 Å². The Bertz CT molecular complexity index is 473. The van der Waals surface area contributed by atoms with E-state index < -0.39 is 11.9 Å². The molecule has 0 N–H and O–H groups in total. The Kier molecular flexibility index (Phi) is 2.26. The topological polar surface area (TPSA) is 12.5 Å². The standard InChI is InChI=1S/C14H16FNO/c1-3-4-10-5-6-12-11(9-10)14(15)7-8-17-13(14)16(12)2/h3,5-6,9,13H,1,4,7-8H2,2H3/t13-,14+/m0/s1. The maximum Gasteiger partial charge on any atom is 0.184 e. The molecule has 2 aliphatic rings. The molecule has 1 aromatic carbocycles. The summed E-state index contributed by atoms with van der Waals surface area (Å²) in [6.45, 7) is 4.22. The highest BCUT2D eigenvalue weighted by Crippen LogP contribution is 2.51. The first-order valence-electron chi connectivity index (χ1n) is 5.94. The molecule has 2 aliphatic heterocycles. The molecule has 90 valence electrons. The summed E-state index contributed by atoms with van der Waals surface area (Å²) in [6, 6.07) is 5.97. The molecule has 0 unspecified atom stereocenters. The second-order valence-electron chi connectivity index (χ2n) is 4.79. The zero-order chi connectivity index (χ0) is 12.0. The van der Waals surface area contributed by atoms with E-state index in [4.69, 9.17) is 4.74 Å². The number of halogens is 1. The molecule has 0 radical (unpaired) electrons. The summed E-state index contributed by atoms with van der Waals surface area (Å²) in [7, 11) is 1.89. The van der Waals surface area contributed by atoms with Crippen molar-refractivity contribution in [3.63, 3.8) is 0 Å². The number of ether oxygens (including phenoxy) is 1. The number of rotatable bonds is 2. The Hall–Kier alpha value is -1.35. The number of hydrogen-bond donors (Lipinski definition) is 0. The lowest BCUT2D eigenvalue weighted by atomic mass is 9.93. The molecule has 3 rings (SSSR count). The summed E-state index contributed by atoms with van der Waals surface area (Å²) in [5.41, 5.74) is 1.50. The molecule has 0 spiro atoms. The minimum absolute atomic E-state index is 0.448. The molecule has 0 amide bonds. The second-order valence-corrected chi connectivity index (χ2v) is 4.79. The third-order valence-corrected chi connectivity index (χ3v) is 3.75. The van der Waals surface area contributed by atoms with E-state index in [0.29, 0.717) is 13.0 Å². The number of benzene rings is 1. The minimum Gasteiger partial charge on any atom is -0.354 e. The molecule has 0 bridgehead atoms. The largest absolute Gasteiger partial charge is 0.354 e. The van der Waals surface area contributed by atoms with Crippen molar-refractivity contribution in [2.45, 2.75) is 24.7 Å². The highest BCUT2D eigenvalue weighted by Gasteiger charge is 2.55. The fourth-order valence-electron chi connectivity index (χ4n) is 2.90. The van der Waals surface area contributed by atoms with Gasteiger partial charge in [0.2, 0.25) is 0 Å². The van der Waals surface area contributed by atoms with Gasteiger partial charge in [0.25, 0.3) is 0 Å². The number of fused-ring (bicyclic) bond motifs is 3. The van der Waals surface area contributed by atoms with Crippen LogP contribution >= 0.6 is 0 Å². The Morgan fingerprint density at radius 3 is 3.24 bits per heavy atom. The summed E-state index contributed by atoms with van der Waals surface area (Å²) >= 11 is 0. The maximum absolute atomic E-state index is 15.0. The van der Waals surface area contributed by atoms with E-state index in [9.17, 15) is 4.39 Å². The molecular formula is C14H16FNO. The van der Waals surface area contributed by atoms with Crippen LogP contribution in [0.25, 0.3) is 0 Å². The summed E-state index contributed by atoms with van der Waals surface area (Å²) < 4.78 is 20.5. The molecule has 3 heteroatoms. The zero-order valence-electron chi connectivity index (χ0n) is 9.95. The summed E-state index contributed by atoms with van der Waals surface area (Å²) in [4.78, 5) is 1.90. The van der Waals surface area contributed by atoms with Crippen molar-refractivity contribution in [2.24, 2.45) is 0 Å². The van der Waals surface area contributed by atoms with Crippen molar-refractivity contribution in [3.05, 3.63) is 42.0 Å². The quantitative estimate of drug-likeness (QED) is 0.728. The molecule has 1 fully saturated rings. The van der Waals surface area contributed by atoms with Crippen LogP contribution in [0.3, 0.4) is 0 Å². The third kappa shape index (κ3) is 1.35. The molecule has 1 aromatic rings. The predicted molar refractivity (Wildman–Crippen MR) is 65.9 cm³/mol. The molecule has 2 heterocycles. The monoisotopic (exact) mass is 233 g/mol. The lowest BCUT2D eigenvalue weighted by molar-refractivity contribution is 0.0341. The molecule has 0 aliphatic carbocycles. The second kappa shape index (κ2) is 3.57. The Morgan fingerprint density at radius 1 is 1.65 bits per heavy atom.